The maximum atomic E-state index is 13.8. The van der Waals surface area contributed by atoms with E-state index in [-0.39, 0.29) is 11.2 Å². The molecule has 1 saturated carbocycles. The van der Waals surface area contributed by atoms with Crippen molar-refractivity contribution in [3.63, 3.8) is 0 Å². The number of pyridine rings is 1. The number of rotatable bonds is 3. The van der Waals surface area contributed by atoms with E-state index in [0.717, 1.165) is 18.4 Å². The van der Waals surface area contributed by atoms with Crippen LogP contribution in [0.3, 0.4) is 0 Å². The summed E-state index contributed by atoms with van der Waals surface area (Å²) in [7, 11) is 1.57. The lowest BCUT2D eigenvalue weighted by Gasteiger charge is -2.22. The fraction of sp³-hybridized carbons (Fsp3) is 0.583. The summed E-state index contributed by atoms with van der Waals surface area (Å²) in [5.41, 5.74) is 0.702. The Hall–Kier alpha value is -1.12. The van der Waals surface area contributed by atoms with E-state index in [1.165, 1.54) is 6.20 Å². The molecule has 0 N–H and O–H groups in total. The Balaban J connectivity index is 2.51. The van der Waals surface area contributed by atoms with Crippen LogP contribution in [0.1, 0.15) is 32.3 Å². The van der Waals surface area contributed by atoms with E-state index in [9.17, 15) is 4.39 Å². The third-order valence-corrected chi connectivity index (χ3v) is 3.48. The summed E-state index contributed by atoms with van der Waals surface area (Å²) in [6.45, 7) is 4.26. The van der Waals surface area contributed by atoms with Crippen molar-refractivity contribution in [2.75, 3.05) is 7.11 Å². The highest BCUT2D eigenvalue weighted by Crippen LogP contribution is 2.56. The van der Waals surface area contributed by atoms with E-state index < -0.39 is 0 Å². The fourth-order valence-electron chi connectivity index (χ4n) is 2.31. The van der Waals surface area contributed by atoms with E-state index in [1.807, 2.05) is 0 Å². The summed E-state index contributed by atoms with van der Waals surface area (Å²) in [6.07, 6.45) is 4.96. The lowest BCUT2D eigenvalue weighted by atomic mass is 9.84. The molecule has 1 aliphatic rings. The maximum Gasteiger partial charge on any atom is 0.148 e. The summed E-state index contributed by atoms with van der Waals surface area (Å²) < 4.78 is 19.0. The van der Waals surface area contributed by atoms with Gasteiger partial charge in [0.1, 0.15) is 11.6 Å². The lowest BCUT2D eigenvalue weighted by Crippen LogP contribution is -2.18. The van der Waals surface area contributed by atoms with Crippen LogP contribution < -0.4 is 4.74 Å². The van der Waals surface area contributed by atoms with E-state index in [4.69, 9.17) is 4.74 Å². The highest BCUT2D eigenvalue weighted by Gasteiger charge is 2.50. The summed E-state index contributed by atoms with van der Waals surface area (Å²) in [5, 5.41) is 0. The molecule has 1 aliphatic carbocycles. The third-order valence-electron chi connectivity index (χ3n) is 3.48. The highest BCUT2D eigenvalue weighted by molar-refractivity contribution is 5.42. The fourth-order valence-corrected chi connectivity index (χ4v) is 2.31. The first kappa shape index (κ1) is 10.4. The molecule has 0 unspecified atom stereocenters. The van der Waals surface area contributed by atoms with Crippen LogP contribution in [0.15, 0.2) is 12.4 Å². The molecule has 3 heteroatoms. The zero-order chi connectivity index (χ0) is 11.1. The van der Waals surface area contributed by atoms with Gasteiger partial charge in [0.25, 0.3) is 0 Å². The van der Waals surface area contributed by atoms with Crippen LogP contribution in [0.25, 0.3) is 0 Å². The molecule has 0 aliphatic heterocycles. The normalized spacial score (nSPS) is 17.9. The van der Waals surface area contributed by atoms with Crippen LogP contribution in [0.5, 0.6) is 5.75 Å². The van der Waals surface area contributed by atoms with Gasteiger partial charge in [0.2, 0.25) is 0 Å². The molecule has 0 atom stereocenters. The van der Waals surface area contributed by atoms with Crippen molar-refractivity contribution in [1.82, 2.24) is 4.98 Å². The summed E-state index contributed by atoms with van der Waals surface area (Å²) in [5.74, 6) is 0.782. The van der Waals surface area contributed by atoms with Gasteiger partial charge < -0.3 is 4.74 Å². The van der Waals surface area contributed by atoms with Crippen molar-refractivity contribution >= 4 is 0 Å². The minimum Gasteiger partial charge on any atom is -0.495 e. The molecule has 1 aromatic rings. The number of hydrogen-bond acceptors (Lipinski definition) is 2. The zero-order valence-electron chi connectivity index (χ0n) is 9.38. The SMILES string of the molecule is COc1cncc(F)c1C1(C(C)C)CC1. The molecule has 1 heterocycles. The van der Waals surface area contributed by atoms with E-state index in [1.54, 1.807) is 13.3 Å². The van der Waals surface area contributed by atoms with Gasteiger partial charge in [-0.05, 0) is 18.8 Å². The van der Waals surface area contributed by atoms with Gasteiger partial charge in [-0.3, -0.25) is 4.98 Å². The molecule has 0 amide bonds. The second kappa shape index (κ2) is 3.47. The van der Waals surface area contributed by atoms with Gasteiger partial charge in [0.15, 0.2) is 0 Å². The highest BCUT2D eigenvalue weighted by atomic mass is 19.1. The molecule has 82 valence electrons. The molecule has 0 bridgehead atoms. The molecule has 1 fully saturated rings. The zero-order valence-corrected chi connectivity index (χ0v) is 9.38. The number of aromatic nitrogens is 1. The standard InChI is InChI=1S/C12H16FNO/c1-8(2)12(4-5-12)11-9(13)6-14-7-10(11)15-3/h6-8H,4-5H2,1-3H3. The lowest BCUT2D eigenvalue weighted by molar-refractivity contribution is 0.375. The van der Waals surface area contributed by atoms with Gasteiger partial charge in [-0.2, -0.15) is 0 Å². The van der Waals surface area contributed by atoms with E-state index in [2.05, 4.69) is 18.8 Å². The summed E-state index contributed by atoms with van der Waals surface area (Å²) in [4.78, 5) is 3.82. The molecule has 0 spiro atoms. The van der Waals surface area contributed by atoms with Gasteiger partial charge in [-0.1, -0.05) is 13.8 Å². The van der Waals surface area contributed by atoms with Gasteiger partial charge in [0.05, 0.1) is 19.5 Å². The van der Waals surface area contributed by atoms with Gasteiger partial charge in [0, 0.05) is 11.0 Å². The smallest absolute Gasteiger partial charge is 0.148 e. The Morgan fingerprint density at radius 3 is 2.53 bits per heavy atom. The molecule has 1 aromatic heterocycles. The van der Waals surface area contributed by atoms with Gasteiger partial charge in [-0.25, -0.2) is 4.39 Å². The van der Waals surface area contributed by atoms with Crippen molar-refractivity contribution in [3.8, 4) is 5.75 Å². The van der Waals surface area contributed by atoms with E-state index in [0.29, 0.717) is 11.7 Å². The van der Waals surface area contributed by atoms with Crippen molar-refractivity contribution < 1.29 is 9.13 Å². The number of hydrogen-bond donors (Lipinski definition) is 0. The first-order valence-electron chi connectivity index (χ1n) is 5.30. The van der Waals surface area contributed by atoms with Crippen molar-refractivity contribution in [2.45, 2.75) is 32.1 Å². The molecular weight excluding hydrogens is 193 g/mol. The van der Waals surface area contributed by atoms with Crippen molar-refractivity contribution in [1.29, 1.82) is 0 Å². The maximum absolute atomic E-state index is 13.8. The average Bonchev–Trinajstić information content (AvgIpc) is 2.98. The first-order valence-corrected chi connectivity index (χ1v) is 5.30. The minimum atomic E-state index is -0.236. The van der Waals surface area contributed by atoms with E-state index >= 15 is 0 Å². The Morgan fingerprint density at radius 1 is 1.40 bits per heavy atom. The number of methoxy groups -OCH3 is 1. The Morgan fingerprint density at radius 2 is 2.07 bits per heavy atom. The second-order valence-electron chi connectivity index (χ2n) is 4.51. The Kier molecular flexibility index (Phi) is 2.41. The van der Waals surface area contributed by atoms with Crippen LogP contribution in [0, 0.1) is 11.7 Å². The molecule has 15 heavy (non-hydrogen) atoms. The third kappa shape index (κ3) is 1.50. The van der Waals surface area contributed by atoms with Crippen LogP contribution in [-0.4, -0.2) is 12.1 Å². The Bertz CT molecular complexity index is 372. The molecule has 0 saturated heterocycles. The summed E-state index contributed by atoms with van der Waals surface area (Å²) in [6, 6.07) is 0. The molecule has 2 nitrogen and oxygen atoms in total. The molecule has 0 aromatic carbocycles. The largest absolute Gasteiger partial charge is 0.495 e. The second-order valence-corrected chi connectivity index (χ2v) is 4.51. The van der Waals surface area contributed by atoms with Crippen LogP contribution in [-0.2, 0) is 5.41 Å². The first-order chi connectivity index (χ1) is 7.12. The number of nitrogens with zero attached hydrogens (tertiary/aromatic N) is 1. The average molecular weight is 209 g/mol. The van der Waals surface area contributed by atoms with Gasteiger partial charge >= 0.3 is 0 Å². The van der Waals surface area contributed by atoms with Crippen LogP contribution in [0.2, 0.25) is 0 Å². The van der Waals surface area contributed by atoms with Crippen molar-refractivity contribution in [2.24, 2.45) is 5.92 Å². The monoisotopic (exact) mass is 209 g/mol. The van der Waals surface area contributed by atoms with Crippen LogP contribution in [0.4, 0.5) is 4.39 Å². The predicted octanol–water partition coefficient (Wildman–Crippen LogP) is 2.92. The van der Waals surface area contributed by atoms with Crippen molar-refractivity contribution in [3.05, 3.63) is 23.8 Å². The Labute approximate surface area is 89.5 Å². The molecule has 0 radical (unpaired) electrons. The topological polar surface area (TPSA) is 22.1 Å². The van der Waals surface area contributed by atoms with Crippen LogP contribution >= 0.6 is 0 Å². The minimum absolute atomic E-state index is 0.0155. The molecule has 2 rings (SSSR count). The molecular formula is C12H16FNO. The number of ether oxygens (including phenoxy) is 1. The quantitative estimate of drug-likeness (QED) is 0.763. The summed E-state index contributed by atoms with van der Waals surface area (Å²) >= 11 is 0. The number of halogens is 1. The predicted molar refractivity (Wildman–Crippen MR) is 56.5 cm³/mol. The van der Waals surface area contributed by atoms with Gasteiger partial charge in [-0.15, -0.1) is 0 Å².